The van der Waals surface area contributed by atoms with Gasteiger partial charge in [-0.15, -0.1) is 11.3 Å². The Labute approximate surface area is 138 Å². The molecule has 0 saturated carbocycles. The first-order valence-corrected chi connectivity index (χ1v) is 7.91. The molecule has 1 aromatic heterocycles. The molecule has 1 N–H and O–H groups in total. The minimum Gasteiger partial charge on any atom is -0.389 e. The van der Waals surface area contributed by atoms with Gasteiger partial charge in [0.1, 0.15) is 10.7 Å². The number of amides is 1. The molecular weight excluding hydrogens is 324 g/mol. The molecule has 0 aliphatic heterocycles. The zero-order chi connectivity index (χ0) is 16.1. The molecule has 22 heavy (non-hydrogen) atoms. The van der Waals surface area contributed by atoms with Crippen LogP contribution in [-0.4, -0.2) is 54.3 Å². The average Bonchev–Trinajstić information content (AvgIpc) is 2.97. The van der Waals surface area contributed by atoms with Crippen molar-refractivity contribution in [2.45, 2.75) is 6.10 Å². The van der Waals surface area contributed by atoms with Gasteiger partial charge in [-0.25, -0.2) is 4.98 Å². The summed E-state index contributed by atoms with van der Waals surface area (Å²) in [6.07, 6.45) is -0.715. The highest BCUT2D eigenvalue weighted by Gasteiger charge is 2.18. The van der Waals surface area contributed by atoms with E-state index in [-0.39, 0.29) is 19.1 Å². The fraction of sp³-hybridized carbons (Fsp3) is 0.333. The maximum Gasteiger partial charge on any atom is 0.273 e. The van der Waals surface area contributed by atoms with Gasteiger partial charge in [0, 0.05) is 36.7 Å². The molecule has 0 radical (unpaired) electrons. The van der Waals surface area contributed by atoms with Crippen LogP contribution < -0.4 is 0 Å². The monoisotopic (exact) mass is 340 g/mol. The van der Waals surface area contributed by atoms with Crippen LogP contribution in [0.25, 0.3) is 10.6 Å². The number of carbonyl (C=O) groups is 1. The van der Waals surface area contributed by atoms with Crippen molar-refractivity contribution in [2.24, 2.45) is 0 Å². The van der Waals surface area contributed by atoms with Crippen LogP contribution >= 0.6 is 22.9 Å². The van der Waals surface area contributed by atoms with E-state index in [1.807, 2.05) is 12.1 Å². The number of aliphatic hydroxyl groups is 1. The second-order valence-corrected chi connectivity index (χ2v) is 6.13. The normalized spacial score (nSPS) is 12.2. The molecule has 2 rings (SSSR count). The van der Waals surface area contributed by atoms with Crippen molar-refractivity contribution < 1.29 is 14.6 Å². The highest BCUT2D eigenvalue weighted by atomic mass is 35.5. The van der Waals surface area contributed by atoms with Gasteiger partial charge in [-0.05, 0) is 12.1 Å². The molecule has 5 nitrogen and oxygen atoms in total. The van der Waals surface area contributed by atoms with E-state index >= 15 is 0 Å². The Bertz CT molecular complexity index is 630. The van der Waals surface area contributed by atoms with Crippen LogP contribution in [0.5, 0.6) is 0 Å². The number of rotatable bonds is 6. The summed E-state index contributed by atoms with van der Waals surface area (Å²) in [5.41, 5.74) is 1.28. The standard InChI is InChI=1S/C15H17ClN2O3S/c1-18(7-12(19)8-21-2)15(20)13-9-22-14(17-13)10-3-5-11(16)6-4-10/h3-6,9,12,19H,7-8H2,1-2H3. The largest absolute Gasteiger partial charge is 0.389 e. The van der Waals surface area contributed by atoms with E-state index in [2.05, 4.69) is 4.98 Å². The number of carbonyl (C=O) groups excluding carboxylic acids is 1. The number of methoxy groups -OCH3 is 1. The van der Waals surface area contributed by atoms with E-state index in [1.54, 1.807) is 24.6 Å². The molecule has 0 saturated heterocycles. The van der Waals surface area contributed by atoms with Crippen LogP contribution in [0.15, 0.2) is 29.6 Å². The van der Waals surface area contributed by atoms with Crippen molar-refractivity contribution in [3.63, 3.8) is 0 Å². The van der Waals surface area contributed by atoms with Crippen LogP contribution in [0.2, 0.25) is 5.02 Å². The Hall–Kier alpha value is -1.47. The number of benzene rings is 1. The molecule has 0 bridgehead atoms. The summed E-state index contributed by atoms with van der Waals surface area (Å²) in [4.78, 5) is 18.1. The van der Waals surface area contributed by atoms with Gasteiger partial charge in [0.15, 0.2) is 0 Å². The third-order valence-corrected chi connectivity index (χ3v) is 4.15. The first-order valence-electron chi connectivity index (χ1n) is 6.65. The first-order chi connectivity index (χ1) is 10.5. The third kappa shape index (κ3) is 4.27. The van der Waals surface area contributed by atoms with E-state index in [4.69, 9.17) is 16.3 Å². The van der Waals surface area contributed by atoms with Crippen molar-refractivity contribution in [1.82, 2.24) is 9.88 Å². The summed E-state index contributed by atoms with van der Waals surface area (Å²) in [5, 5.41) is 12.8. The number of hydrogen-bond donors (Lipinski definition) is 1. The topological polar surface area (TPSA) is 62.7 Å². The predicted octanol–water partition coefficient (Wildman–Crippen LogP) is 2.54. The molecule has 7 heteroatoms. The van der Waals surface area contributed by atoms with Crippen molar-refractivity contribution in [3.05, 3.63) is 40.4 Å². The summed E-state index contributed by atoms with van der Waals surface area (Å²) >= 11 is 7.25. The number of halogens is 1. The lowest BCUT2D eigenvalue weighted by Gasteiger charge is -2.19. The Morgan fingerprint density at radius 1 is 1.45 bits per heavy atom. The van der Waals surface area contributed by atoms with Crippen molar-refractivity contribution in [2.75, 3.05) is 27.3 Å². The summed E-state index contributed by atoms with van der Waals surface area (Å²) < 4.78 is 4.85. The van der Waals surface area contributed by atoms with Crippen LogP contribution in [0.4, 0.5) is 0 Å². The lowest BCUT2D eigenvalue weighted by atomic mass is 10.2. The Kier molecular flexibility index (Phi) is 5.90. The van der Waals surface area contributed by atoms with Crippen LogP contribution in [0.3, 0.4) is 0 Å². The van der Waals surface area contributed by atoms with Gasteiger partial charge < -0.3 is 14.7 Å². The molecule has 0 fully saturated rings. The Morgan fingerprint density at radius 3 is 2.77 bits per heavy atom. The fourth-order valence-electron chi connectivity index (χ4n) is 1.94. The number of nitrogens with zero attached hydrogens (tertiary/aromatic N) is 2. The number of ether oxygens (including phenoxy) is 1. The minimum atomic E-state index is -0.715. The number of likely N-dealkylation sites (N-methyl/N-ethyl adjacent to an activating group) is 1. The maximum absolute atomic E-state index is 12.3. The van der Waals surface area contributed by atoms with Gasteiger partial charge in [-0.3, -0.25) is 4.79 Å². The van der Waals surface area contributed by atoms with Gasteiger partial charge in [0.2, 0.25) is 0 Å². The van der Waals surface area contributed by atoms with E-state index in [0.29, 0.717) is 10.7 Å². The second kappa shape index (κ2) is 7.69. The highest BCUT2D eigenvalue weighted by molar-refractivity contribution is 7.13. The molecule has 1 aromatic carbocycles. The van der Waals surface area contributed by atoms with Gasteiger partial charge in [0.25, 0.3) is 5.91 Å². The number of hydrogen-bond acceptors (Lipinski definition) is 5. The summed E-state index contributed by atoms with van der Waals surface area (Å²) in [7, 11) is 3.13. The van der Waals surface area contributed by atoms with Crippen molar-refractivity contribution in [3.8, 4) is 10.6 Å². The second-order valence-electron chi connectivity index (χ2n) is 4.84. The summed E-state index contributed by atoms with van der Waals surface area (Å²) in [6.45, 7) is 0.380. The quantitative estimate of drug-likeness (QED) is 0.877. The highest BCUT2D eigenvalue weighted by Crippen LogP contribution is 2.25. The molecule has 2 aromatic rings. The minimum absolute atomic E-state index is 0.185. The third-order valence-electron chi connectivity index (χ3n) is 3.00. The Morgan fingerprint density at radius 2 is 2.14 bits per heavy atom. The van der Waals surface area contributed by atoms with E-state index in [9.17, 15) is 9.90 Å². The SMILES string of the molecule is COCC(O)CN(C)C(=O)c1csc(-c2ccc(Cl)cc2)n1. The molecule has 1 atom stereocenters. The zero-order valence-corrected chi connectivity index (χ0v) is 13.9. The van der Waals surface area contributed by atoms with E-state index in [0.717, 1.165) is 10.6 Å². The number of aromatic nitrogens is 1. The van der Waals surface area contributed by atoms with E-state index in [1.165, 1.54) is 23.3 Å². The predicted molar refractivity (Wildman–Crippen MR) is 87.4 cm³/mol. The average molecular weight is 341 g/mol. The zero-order valence-electron chi connectivity index (χ0n) is 12.3. The van der Waals surface area contributed by atoms with Crippen LogP contribution in [0.1, 0.15) is 10.5 Å². The van der Waals surface area contributed by atoms with Crippen molar-refractivity contribution >= 4 is 28.8 Å². The smallest absolute Gasteiger partial charge is 0.273 e. The summed E-state index contributed by atoms with van der Waals surface area (Å²) in [5.74, 6) is -0.230. The van der Waals surface area contributed by atoms with Crippen LogP contribution in [0, 0.1) is 0 Å². The van der Waals surface area contributed by atoms with Crippen LogP contribution in [-0.2, 0) is 4.74 Å². The number of aliphatic hydroxyl groups excluding tert-OH is 1. The van der Waals surface area contributed by atoms with Gasteiger partial charge in [-0.1, -0.05) is 23.7 Å². The molecule has 1 heterocycles. The summed E-state index contributed by atoms with van der Waals surface area (Å²) in [6, 6.07) is 7.29. The lowest BCUT2D eigenvalue weighted by molar-refractivity contribution is 0.0378. The van der Waals surface area contributed by atoms with Gasteiger partial charge >= 0.3 is 0 Å². The molecule has 118 valence electrons. The molecular formula is C15H17ClN2O3S. The molecule has 1 amide bonds. The number of thiazole rings is 1. The molecule has 1 unspecified atom stereocenters. The molecule has 0 spiro atoms. The maximum atomic E-state index is 12.3. The molecule has 0 aliphatic rings. The van der Waals surface area contributed by atoms with E-state index < -0.39 is 6.10 Å². The van der Waals surface area contributed by atoms with Gasteiger partial charge in [0.05, 0.1) is 12.7 Å². The lowest BCUT2D eigenvalue weighted by Crippen LogP contribution is -2.36. The van der Waals surface area contributed by atoms with Crippen molar-refractivity contribution in [1.29, 1.82) is 0 Å². The van der Waals surface area contributed by atoms with Gasteiger partial charge in [-0.2, -0.15) is 0 Å². The fourth-order valence-corrected chi connectivity index (χ4v) is 2.86. The molecule has 0 aliphatic carbocycles. The Balaban J connectivity index is 2.07. The first kappa shape index (κ1) is 16.9.